The van der Waals surface area contributed by atoms with Gasteiger partial charge in [0.25, 0.3) is 5.91 Å². The fourth-order valence-corrected chi connectivity index (χ4v) is 1.95. The highest BCUT2D eigenvalue weighted by molar-refractivity contribution is 5.97. The third kappa shape index (κ3) is 2.91. The number of nitrogens with zero attached hydrogens (tertiary/aromatic N) is 1. The molecule has 0 saturated heterocycles. The number of para-hydroxylation sites is 1. The van der Waals surface area contributed by atoms with Gasteiger partial charge in [0.05, 0.1) is 5.56 Å². The lowest BCUT2D eigenvalue weighted by atomic mass is 10.1. The first-order valence-electron chi connectivity index (χ1n) is 6.31. The van der Waals surface area contributed by atoms with Crippen LogP contribution in [-0.2, 0) is 6.54 Å². The summed E-state index contributed by atoms with van der Waals surface area (Å²) in [5.41, 5.74) is 2.26. The van der Waals surface area contributed by atoms with Crippen molar-refractivity contribution in [1.29, 1.82) is 0 Å². The molecule has 2 N–H and O–H groups in total. The predicted molar refractivity (Wildman–Crippen MR) is 76.7 cm³/mol. The van der Waals surface area contributed by atoms with Gasteiger partial charge in [0.15, 0.2) is 11.5 Å². The Kier molecular flexibility index (Phi) is 3.94. The Morgan fingerprint density at radius 2 is 1.75 bits per heavy atom. The molecule has 4 nitrogen and oxygen atoms in total. The zero-order chi connectivity index (χ0) is 14.7. The van der Waals surface area contributed by atoms with E-state index in [0.29, 0.717) is 6.54 Å². The normalized spacial score (nSPS) is 10.3. The summed E-state index contributed by atoms with van der Waals surface area (Å²) in [5, 5.41) is 19.2. The molecule has 0 aliphatic carbocycles. The molecule has 0 saturated carbocycles. The van der Waals surface area contributed by atoms with Gasteiger partial charge in [-0.05, 0) is 24.6 Å². The zero-order valence-corrected chi connectivity index (χ0v) is 11.5. The number of aryl methyl sites for hydroxylation is 1. The van der Waals surface area contributed by atoms with Crippen molar-refractivity contribution in [1.82, 2.24) is 4.90 Å². The van der Waals surface area contributed by atoms with Crippen molar-refractivity contribution in [3.8, 4) is 11.5 Å². The van der Waals surface area contributed by atoms with Gasteiger partial charge in [-0.15, -0.1) is 0 Å². The lowest BCUT2D eigenvalue weighted by molar-refractivity contribution is 0.0781. The van der Waals surface area contributed by atoms with Gasteiger partial charge in [-0.1, -0.05) is 35.9 Å². The molecule has 0 heterocycles. The molecule has 0 aliphatic rings. The number of benzene rings is 2. The largest absolute Gasteiger partial charge is 0.504 e. The number of hydrogen-bond acceptors (Lipinski definition) is 3. The van der Waals surface area contributed by atoms with Crippen molar-refractivity contribution in [3.63, 3.8) is 0 Å². The van der Waals surface area contributed by atoms with E-state index in [1.807, 2.05) is 31.2 Å². The minimum Gasteiger partial charge on any atom is -0.504 e. The van der Waals surface area contributed by atoms with E-state index in [9.17, 15) is 15.0 Å². The van der Waals surface area contributed by atoms with Crippen LogP contribution in [0.3, 0.4) is 0 Å². The molecule has 0 bridgehead atoms. The zero-order valence-electron chi connectivity index (χ0n) is 11.5. The van der Waals surface area contributed by atoms with Crippen LogP contribution < -0.4 is 0 Å². The van der Waals surface area contributed by atoms with Crippen LogP contribution in [0.25, 0.3) is 0 Å². The maximum Gasteiger partial charge on any atom is 0.257 e. The van der Waals surface area contributed by atoms with E-state index >= 15 is 0 Å². The third-order valence-electron chi connectivity index (χ3n) is 3.13. The second-order valence-corrected chi connectivity index (χ2v) is 4.82. The molecule has 0 radical (unpaired) electrons. The molecular weight excluding hydrogens is 254 g/mol. The Hall–Kier alpha value is -2.49. The first kappa shape index (κ1) is 13.9. The predicted octanol–water partition coefficient (Wildman–Crippen LogP) is 2.68. The van der Waals surface area contributed by atoms with Crippen molar-refractivity contribution in [3.05, 3.63) is 59.2 Å². The Morgan fingerprint density at radius 1 is 1.10 bits per heavy atom. The number of phenolic OH excluding ortho intramolecular Hbond substituents is 2. The van der Waals surface area contributed by atoms with Crippen molar-refractivity contribution >= 4 is 5.91 Å². The van der Waals surface area contributed by atoms with E-state index in [-0.39, 0.29) is 23.0 Å². The summed E-state index contributed by atoms with van der Waals surface area (Å²) in [4.78, 5) is 13.7. The van der Waals surface area contributed by atoms with Crippen molar-refractivity contribution in [2.45, 2.75) is 13.5 Å². The molecule has 104 valence electrons. The van der Waals surface area contributed by atoms with Crippen LogP contribution in [0.5, 0.6) is 11.5 Å². The van der Waals surface area contributed by atoms with Gasteiger partial charge in [0.1, 0.15) is 0 Å². The Balaban J connectivity index is 2.16. The van der Waals surface area contributed by atoms with Gasteiger partial charge in [-0.2, -0.15) is 0 Å². The minimum atomic E-state index is -0.381. The second kappa shape index (κ2) is 5.65. The SMILES string of the molecule is Cc1ccc(CN(C)C(=O)c2cccc(O)c2O)cc1. The Bertz CT molecular complexity index is 620. The van der Waals surface area contributed by atoms with Crippen LogP contribution in [0, 0.1) is 6.92 Å². The molecule has 4 heteroatoms. The molecule has 20 heavy (non-hydrogen) atoms. The fraction of sp³-hybridized carbons (Fsp3) is 0.188. The van der Waals surface area contributed by atoms with Gasteiger partial charge in [0, 0.05) is 13.6 Å². The van der Waals surface area contributed by atoms with Gasteiger partial charge in [0.2, 0.25) is 0 Å². The Labute approximate surface area is 117 Å². The summed E-state index contributed by atoms with van der Waals surface area (Å²) >= 11 is 0. The molecule has 0 spiro atoms. The van der Waals surface area contributed by atoms with Gasteiger partial charge in [-0.25, -0.2) is 0 Å². The fourth-order valence-electron chi connectivity index (χ4n) is 1.95. The summed E-state index contributed by atoms with van der Waals surface area (Å²) < 4.78 is 0. The van der Waals surface area contributed by atoms with Crippen LogP contribution in [-0.4, -0.2) is 28.1 Å². The summed E-state index contributed by atoms with van der Waals surface area (Å²) in [6, 6.07) is 12.2. The molecule has 0 fully saturated rings. The van der Waals surface area contributed by atoms with Crippen molar-refractivity contribution in [2.75, 3.05) is 7.05 Å². The average molecular weight is 271 g/mol. The number of amides is 1. The topological polar surface area (TPSA) is 60.8 Å². The van der Waals surface area contributed by atoms with Crippen molar-refractivity contribution in [2.24, 2.45) is 0 Å². The first-order chi connectivity index (χ1) is 9.49. The average Bonchev–Trinajstić information content (AvgIpc) is 2.43. The highest BCUT2D eigenvalue weighted by Gasteiger charge is 2.17. The lowest BCUT2D eigenvalue weighted by Gasteiger charge is -2.18. The van der Waals surface area contributed by atoms with Crippen LogP contribution >= 0.6 is 0 Å². The van der Waals surface area contributed by atoms with Crippen LogP contribution in [0.1, 0.15) is 21.5 Å². The molecule has 0 atom stereocenters. The summed E-state index contributed by atoms with van der Waals surface area (Å²) in [5.74, 6) is -1.01. The van der Waals surface area contributed by atoms with Gasteiger partial charge >= 0.3 is 0 Å². The monoisotopic (exact) mass is 271 g/mol. The maximum absolute atomic E-state index is 12.2. The number of phenols is 2. The second-order valence-electron chi connectivity index (χ2n) is 4.82. The number of hydrogen-bond donors (Lipinski definition) is 2. The van der Waals surface area contributed by atoms with E-state index in [2.05, 4.69) is 0 Å². The van der Waals surface area contributed by atoms with Crippen LogP contribution in [0.15, 0.2) is 42.5 Å². The lowest BCUT2D eigenvalue weighted by Crippen LogP contribution is -2.26. The number of rotatable bonds is 3. The number of carbonyl (C=O) groups excluding carboxylic acids is 1. The molecular formula is C16H17NO3. The highest BCUT2D eigenvalue weighted by Crippen LogP contribution is 2.29. The standard InChI is InChI=1S/C16H17NO3/c1-11-6-8-12(9-7-11)10-17(2)16(20)13-4-3-5-14(18)15(13)19/h3-9,18-19H,10H2,1-2H3. The highest BCUT2D eigenvalue weighted by atomic mass is 16.3. The van der Waals surface area contributed by atoms with Crippen LogP contribution in [0.2, 0.25) is 0 Å². The van der Waals surface area contributed by atoms with E-state index in [1.165, 1.54) is 23.1 Å². The summed E-state index contributed by atoms with van der Waals surface area (Å²) in [7, 11) is 1.66. The van der Waals surface area contributed by atoms with Gasteiger partial charge < -0.3 is 15.1 Å². The molecule has 0 aromatic heterocycles. The quantitative estimate of drug-likeness (QED) is 0.844. The van der Waals surface area contributed by atoms with Gasteiger partial charge in [-0.3, -0.25) is 4.79 Å². The number of aromatic hydroxyl groups is 2. The van der Waals surface area contributed by atoms with Crippen molar-refractivity contribution < 1.29 is 15.0 Å². The summed E-state index contributed by atoms with van der Waals surface area (Å²) in [6.07, 6.45) is 0. The van der Waals surface area contributed by atoms with E-state index in [0.717, 1.165) is 11.1 Å². The minimum absolute atomic E-state index is 0.0969. The van der Waals surface area contributed by atoms with E-state index < -0.39 is 0 Å². The molecule has 2 aromatic rings. The molecule has 2 rings (SSSR count). The maximum atomic E-state index is 12.2. The first-order valence-corrected chi connectivity index (χ1v) is 6.31. The van der Waals surface area contributed by atoms with E-state index in [4.69, 9.17) is 0 Å². The Morgan fingerprint density at radius 3 is 2.40 bits per heavy atom. The smallest absolute Gasteiger partial charge is 0.257 e. The molecule has 0 aliphatic heterocycles. The summed E-state index contributed by atoms with van der Waals surface area (Å²) in [6.45, 7) is 2.44. The molecule has 1 amide bonds. The van der Waals surface area contributed by atoms with E-state index in [1.54, 1.807) is 7.05 Å². The molecule has 0 unspecified atom stereocenters. The number of carbonyl (C=O) groups is 1. The third-order valence-corrected chi connectivity index (χ3v) is 3.13. The van der Waals surface area contributed by atoms with Crippen LogP contribution in [0.4, 0.5) is 0 Å². The molecule has 2 aromatic carbocycles.